The molecule has 1 aliphatic heterocycles. The number of hydrogen-bond donors (Lipinski definition) is 1. The van der Waals surface area contributed by atoms with Crippen LogP contribution in [0.25, 0.3) is 0 Å². The number of aromatic nitrogens is 2. The van der Waals surface area contributed by atoms with Crippen molar-refractivity contribution < 1.29 is 45.4 Å². The second-order valence-corrected chi connectivity index (χ2v) is 12.3. The predicted octanol–water partition coefficient (Wildman–Crippen LogP) is 7.87. The number of halogens is 6. The number of anilines is 2. The quantitative estimate of drug-likeness (QED) is 0.193. The lowest BCUT2D eigenvalue weighted by molar-refractivity contribution is -0.140. The molecule has 0 radical (unpaired) electrons. The number of carbonyl (C=O) groups is 2. The van der Waals surface area contributed by atoms with Crippen LogP contribution in [-0.2, 0) is 45.9 Å². The van der Waals surface area contributed by atoms with Crippen molar-refractivity contribution in [2.45, 2.75) is 76.7 Å². The molecule has 0 spiro atoms. The molecular formula is C33H36F6N4O4. The summed E-state index contributed by atoms with van der Waals surface area (Å²) in [6, 6.07) is 10.0. The Bertz CT molecular complexity index is 1560. The second kappa shape index (κ2) is 14.2. The number of methoxy groups -OCH3 is 1. The first-order chi connectivity index (χ1) is 21.9. The number of likely N-dealkylation sites (tertiary alicyclic amines) is 1. The number of rotatable bonds is 8. The zero-order valence-corrected chi connectivity index (χ0v) is 26.4. The Morgan fingerprint density at radius 2 is 1.57 bits per heavy atom. The van der Waals surface area contributed by atoms with Gasteiger partial charge in [0.25, 0.3) is 0 Å². The van der Waals surface area contributed by atoms with E-state index >= 15 is 0 Å². The summed E-state index contributed by atoms with van der Waals surface area (Å²) >= 11 is 0. The van der Waals surface area contributed by atoms with Gasteiger partial charge in [0, 0.05) is 25.0 Å². The highest BCUT2D eigenvalue weighted by atomic mass is 19.4. The van der Waals surface area contributed by atoms with E-state index in [1.807, 2.05) is 32.9 Å². The largest absolute Gasteiger partial charge is 0.469 e. The number of esters is 1. The van der Waals surface area contributed by atoms with Crippen LogP contribution in [-0.4, -0.2) is 52.7 Å². The van der Waals surface area contributed by atoms with Crippen molar-refractivity contribution in [3.05, 3.63) is 82.2 Å². The number of carbonyl (C=O) groups excluding carboxylic acids is 2. The Morgan fingerprint density at radius 1 is 0.915 bits per heavy atom. The molecule has 1 amide bonds. The van der Waals surface area contributed by atoms with Crippen LogP contribution in [0.15, 0.2) is 48.7 Å². The number of aryl methyl sites for hydroxylation is 2. The van der Waals surface area contributed by atoms with Gasteiger partial charge in [-0.25, -0.2) is 14.8 Å². The van der Waals surface area contributed by atoms with Gasteiger partial charge in [-0.05, 0) is 93.3 Å². The van der Waals surface area contributed by atoms with Gasteiger partial charge in [0.1, 0.15) is 5.60 Å². The topological polar surface area (TPSA) is 93.7 Å². The van der Waals surface area contributed by atoms with E-state index in [-0.39, 0.29) is 48.3 Å². The summed E-state index contributed by atoms with van der Waals surface area (Å²) in [5.41, 5.74) is -1.27. The van der Waals surface area contributed by atoms with E-state index in [4.69, 9.17) is 4.74 Å². The molecule has 0 saturated carbocycles. The first-order valence-corrected chi connectivity index (χ1v) is 15.0. The number of ether oxygens (including phenoxy) is 2. The minimum Gasteiger partial charge on any atom is -0.469 e. The Morgan fingerprint density at radius 3 is 2.15 bits per heavy atom. The van der Waals surface area contributed by atoms with E-state index in [9.17, 15) is 35.9 Å². The van der Waals surface area contributed by atoms with Crippen LogP contribution in [0.5, 0.6) is 0 Å². The molecule has 3 aromatic rings. The fourth-order valence-corrected chi connectivity index (χ4v) is 5.28. The average Bonchev–Trinajstić information content (AvgIpc) is 2.99. The van der Waals surface area contributed by atoms with Crippen LogP contribution in [0.1, 0.15) is 73.0 Å². The molecule has 1 aromatic heterocycles. The van der Waals surface area contributed by atoms with Gasteiger partial charge in [-0.3, -0.25) is 4.79 Å². The minimum absolute atomic E-state index is 0.0546. The molecule has 4 rings (SSSR count). The number of alkyl halides is 6. The molecule has 2 aromatic carbocycles. The van der Waals surface area contributed by atoms with E-state index in [1.165, 1.54) is 0 Å². The van der Waals surface area contributed by atoms with Gasteiger partial charge >= 0.3 is 24.4 Å². The Hall–Kier alpha value is -4.36. The van der Waals surface area contributed by atoms with Crippen molar-refractivity contribution in [2.24, 2.45) is 0 Å². The molecule has 0 unspecified atom stereocenters. The molecule has 2 heterocycles. The van der Waals surface area contributed by atoms with Crippen LogP contribution >= 0.6 is 0 Å². The van der Waals surface area contributed by atoms with Crippen molar-refractivity contribution in [3.8, 4) is 0 Å². The van der Waals surface area contributed by atoms with Gasteiger partial charge < -0.3 is 19.7 Å². The molecule has 8 nitrogen and oxygen atoms in total. The molecule has 14 heteroatoms. The number of hydrogen-bond acceptors (Lipinski definition) is 7. The standard InChI is InChI=1S/C33H36F6N4O4/c1-31(2,3)47-30(45)43-15-13-21(14-16-43)20-6-10-25(11-7-20)41-29-40-19-26(33(37,38)39)27(42-29)12-8-22-17-24(32(34,35)36)9-5-23(22)18-28(44)46-4/h5-7,9-11,17,19,21H,8,12-16,18H2,1-4H3,(H,40,41,42). The number of benzene rings is 2. The van der Waals surface area contributed by atoms with Gasteiger partial charge in [-0.15, -0.1) is 0 Å². The lowest BCUT2D eigenvalue weighted by Gasteiger charge is -2.33. The van der Waals surface area contributed by atoms with Crippen LogP contribution in [0.4, 0.5) is 42.8 Å². The van der Waals surface area contributed by atoms with Gasteiger partial charge in [0.05, 0.1) is 30.4 Å². The summed E-state index contributed by atoms with van der Waals surface area (Å²) in [5.74, 6) is -0.616. The molecule has 1 fully saturated rings. The summed E-state index contributed by atoms with van der Waals surface area (Å²) in [5, 5.41) is 2.90. The monoisotopic (exact) mass is 666 g/mol. The Labute approximate surface area is 268 Å². The summed E-state index contributed by atoms with van der Waals surface area (Å²) < 4.78 is 91.9. The summed E-state index contributed by atoms with van der Waals surface area (Å²) in [4.78, 5) is 33.8. The smallest absolute Gasteiger partial charge is 0.419 e. The predicted molar refractivity (Wildman–Crippen MR) is 161 cm³/mol. The molecule has 47 heavy (non-hydrogen) atoms. The third kappa shape index (κ3) is 9.82. The molecule has 0 atom stereocenters. The van der Waals surface area contributed by atoms with E-state index in [0.29, 0.717) is 25.0 Å². The summed E-state index contributed by atoms with van der Waals surface area (Å²) in [6.07, 6.45) is -8.69. The van der Waals surface area contributed by atoms with Gasteiger partial charge in [0.15, 0.2) is 0 Å². The molecular weight excluding hydrogens is 630 g/mol. The third-order valence-corrected chi connectivity index (χ3v) is 7.69. The molecule has 0 bridgehead atoms. The van der Waals surface area contributed by atoms with Crippen molar-refractivity contribution in [1.82, 2.24) is 14.9 Å². The average molecular weight is 667 g/mol. The maximum atomic E-state index is 13.9. The molecule has 1 N–H and O–H groups in total. The fourth-order valence-electron chi connectivity index (χ4n) is 5.28. The lowest BCUT2D eigenvalue weighted by atomic mass is 9.89. The maximum absolute atomic E-state index is 13.9. The zero-order valence-electron chi connectivity index (χ0n) is 26.4. The van der Waals surface area contributed by atoms with Crippen LogP contribution in [0, 0.1) is 0 Å². The van der Waals surface area contributed by atoms with Gasteiger partial charge in [0.2, 0.25) is 5.95 Å². The molecule has 254 valence electrons. The third-order valence-electron chi connectivity index (χ3n) is 7.69. The van der Waals surface area contributed by atoms with Crippen molar-refractivity contribution in [2.75, 3.05) is 25.5 Å². The zero-order chi connectivity index (χ0) is 34.6. The van der Waals surface area contributed by atoms with Gasteiger partial charge in [-0.2, -0.15) is 26.3 Å². The molecule has 0 aliphatic carbocycles. The van der Waals surface area contributed by atoms with Gasteiger partial charge in [-0.1, -0.05) is 18.2 Å². The fraction of sp³-hybridized carbons (Fsp3) is 0.455. The van der Waals surface area contributed by atoms with Crippen molar-refractivity contribution in [3.63, 3.8) is 0 Å². The van der Waals surface area contributed by atoms with E-state index in [0.717, 1.165) is 43.7 Å². The first kappa shape index (κ1) is 35.5. The highest BCUT2D eigenvalue weighted by Crippen LogP contribution is 2.35. The number of nitrogens with one attached hydrogen (secondary N) is 1. The lowest BCUT2D eigenvalue weighted by Crippen LogP contribution is -2.41. The van der Waals surface area contributed by atoms with Crippen LogP contribution < -0.4 is 5.32 Å². The number of piperidine rings is 1. The Kier molecular flexibility index (Phi) is 10.7. The van der Waals surface area contributed by atoms with E-state index < -0.39 is 40.7 Å². The number of amides is 1. The summed E-state index contributed by atoms with van der Waals surface area (Å²) in [6.45, 7) is 6.54. The van der Waals surface area contributed by atoms with Crippen LogP contribution in [0.2, 0.25) is 0 Å². The highest BCUT2D eigenvalue weighted by Gasteiger charge is 2.35. The number of nitrogens with zero attached hydrogens (tertiary/aromatic N) is 3. The maximum Gasteiger partial charge on any atom is 0.419 e. The van der Waals surface area contributed by atoms with Crippen molar-refractivity contribution >= 4 is 23.7 Å². The van der Waals surface area contributed by atoms with Crippen LogP contribution in [0.3, 0.4) is 0 Å². The van der Waals surface area contributed by atoms with Crippen molar-refractivity contribution in [1.29, 1.82) is 0 Å². The first-order valence-electron chi connectivity index (χ1n) is 15.0. The highest BCUT2D eigenvalue weighted by molar-refractivity contribution is 5.73. The Balaban J connectivity index is 1.48. The minimum atomic E-state index is -4.81. The summed E-state index contributed by atoms with van der Waals surface area (Å²) in [7, 11) is 1.13. The SMILES string of the molecule is COC(=O)Cc1ccc(C(F)(F)F)cc1CCc1nc(Nc2ccc(C3CCN(C(=O)OC(C)(C)C)CC3)cc2)ncc1C(F)(F)F. The molecule has 1 saturated heterocycles. The van der Waals surface area contributed by atoms with E-state index in [1.54, 1.807) is 17.0 Å². The normalized spacial score (nSPS) is 14.6. The van der Waals surface area contributed by atoms with E-state index in [2.05, 4.69) is 20.0 Å². The second-order valence-electron chi connectivity index (χ2n) is 12.3. The molecule has 1 aliphatic rings.